The summed E-state index contributed by atoms with van der Waals surface area (Å²) >= 11 is 0. The first-order valence-electron chi connectivity index (χ1n) is 14.6. The number of alkyl halides is 1. The lowest BCUT2D eigenvalue weighted by atomic mass is 9.94. The van der Waals surface area contributed by atoms with E-state index in [1.165, 1.54) is 24.4 Å². The third kappa shape index (κ3) is 4.50. The van der Waals surface area contributed by atoms with Crippen molar-refractivity contribution in [2.24, 2.45) is 0 Å². The maximum Gasteiger partial charge on any atom is 0.319 e. The van der Waals surface area contributed by atoms with Crippen LogP contribution in [0.4, 0.5) is 19.0 Å². The van der Waals surface area contributed by atoms with Crippen molar-refractivity contribution in [1.82, 2.24) is 25.2 Å². The summed E-state index contributed by atoms with van der Waals surface area (Å²) in [5, 5.41) is 15.3. The van der Waals surface area contributed by atoms with E-state index >= 15 is 4.39 Å². The van der Waals surface area contributed by atoms with Crippen LogP contribution >= 0.6 is 0 Å². The van der Waals surface area contributed by atoms with E-state index in [0.29, 0.717) is 60.0 Å². The number of nitrogens with zero attached hydrogens (tertiary/aromatic N) is 5. The average molecular weight is 579 g/mol. The van der Waals surface area contributed by atoms with Crippen molar-refractivity contribution in [1.29, 1.82) is 0 Å². The molecule has 220 valence electrons. The smallest absolute Gasteiger partial charge is 0.319 e. The molecule has 7 rings (SSSR count). The van der Waals surface area contributed by atoms with Gasteiger partial charge in [-0.25, -0.2) is 13.2 Å². The number of phenols is 1. The number of halogens is 3. The molecule has 0 aliphatic carbocycles. The number of aromatic hydroxyl groups is 1. The molecule has 3 aliphatic rings. The highest BCUT2D eigenvalue weighted by Crippen LogP contribution is 2.41. The number of piperazine rings is 1. The Kier molecular flexibility index (Phi) is 6.81. The number of benzene rings is 2. The number of nitrogens with one attached hydrogen (secondary N) is 1. The Bertz CT molecular complexity index is 1680. The fraction of sp³-hybridized carbons (Fsp3) is 0.452. The molecule has 0 spiro atoms. The van der Waals surface area contributed by atoms with Gasteiger partial charge in [-0.05, 0) is 60.3 Å². The minimum absolute atomic E-state index is 0.0247. The molecule has 0 unspecified atom stereocenters. The number of fused-ring (bicyclic) bond motifs is 3. The SMILES string of the molecule is CCc1c(F)ccc2cc(O)cc(-c3ncc4c(N5CCNCC5)nc(OC[C@@]56CCCN5C[C@H](F)C6)nc4c3F)c12. The molecular formula is C31H33F3N6O2. The average Bonchev–Trinajstić information content (AvgIpc) is 3.52. The molecule has 4 aromatic rings. The van der Waals surface area contributed by atoms with Crippen molar-refractivity contribution in [2.45, 2.75) is 44.3 Å². The summed E-state index contributed by atoms with van der Waals surface area (Å²) in [6.45, 7) is 6.08. The van der Waals surface area contributed by atoms with E-state index in [0.717, 1.165) is 32.5 Å². The van der Waals surface area contributed by atoms with E-state index in [4.69, 9.17) is 9.72 Å². The second-order valence-corrected chi connectivity index (χ2v) is 11.6. The minimum Gasteiger partial charge on any atom is -0.508 e. The van der Waals surface area contributed by atoms with Gasteiger partial charge < -0.3 is 20.1 Å². The van der Waals surface area contributed by atoms with Crippen LogP contribution in [0.2, 0.25) is 0 Å². The van der Waals surface area contributed by atoms with Gasteiger partial charge >= 0.3 is 6.01 Å². The van der Waals surface area contributed by atoms with Gasteiger partial charge in [0, 0.05) is 50.9 Å². The Hall–Kier alpha value is -3.70. The molecule has 3 saturated heterocycles. The summed E-state index contributed by atoms with van der Waals surface area (Å²) < 4.78 is 52.0. The van der Waals surface area contributed by atoms with Crippen molar-refractivity contribution in [2.75, 3.05) is 50.8 Å². The highest BCUT2D eigenvalue weighted by Gasteiger charge is 2.49. The lowest BCUT2D eigenvalue weighted by Crippen LogP contribution is -2.44. The van der Waals surface area contributed by atoms with Crippen molar-refractivity contribution < 1.29 is 23.0 Å². The molecule has 5 heterocycles. The van der Waals surface area contributed by atoms with Crippen molar-refractivity contribution >= 4 is 27.5 Å². The topological polar surface area (TPSA) is 86.6 Å². The third-order valence-electron chi connectivity index (χ3n) is 9.05. The van der Waals surface area contributed by atoms with Crippen LogP contribution in [-0.2, 0) is 6.42 Å². The third-order valence-corrected chi connectivity index (χ3v) is 9.05. The predicted octanol–water partition coefficient (Wildman–Crippen LogP) is 4.76. The maximum absolute atomic E-state index is 16.6. The first-order valence-corrected chi connectivity index (χ1v) is 14.6. The van der Waals surface area contributed by atoms with E-state index in [2.05, 4.69) is 25.1 Å². The van der Waals surface area contributed by atoms with Crippen LogP contribution in [0.5, 0.6) is 11.8 Å². The summed E-state index contributed by atoms with van der Waals surface area (Å²) in [4.78, 5) is 17.9. The van der Waals surface area contributed by atoms with E-state index in [-0.39, 0.29) is 35.1 Å². The summed E-state index contributed by atoms with van der Waals surface area (Å²) in [6.07, 6.45) is 3.22. The Morgan fingerprint density at radius 3 is 2.79 bits per heavy atom. The number of aryl methyl sites for hydroxylation is 1. The molecule has 42 heavy (non-hydrogen) atoms. The Morgan fingerprint density at radius 2 is 1.98 bits per heavy atom. The number of rotatable bonds is 6. The van der Waals surface area contributed by atoms with Crippen LogP contribution in [0, 0.1) is 11.6 Å². The number of ether oxygens (including phenoxy) is 1. The van der Waals surface area contributed by atoms with Gasteiger partial charge in [-0.1, -0.05) is 13.0 Å². The minimum atomic E-state index is -0.899. The van der Waals surface area contributed by atoms with Crippen LogP contribution in [0.15, 0.2) is 30.5 Å². The molecule has 2 atom stereocenters. The highest BCUT2D eigenvalue weighted by molar-refractivity contribution is 6.01. The first-order chi connectivity index (χ1) is 20.4. The second-order valence-electron chi connectivity index (χ2n) is 11.6. The molecule has 2 aromatic heterocycles. The van der Waals surface area contributed by atoms with Crippen LogP contribution in [0.3, 0.4) is 0 Å². The van der Waals surface area contributed by atoms with Crippen molar-refractivity contribution in [3.63, 3.8) is 0 Å². The van der Waals surface area contributed by atoms with E-state index in [1.54, 1.807) is 6.07 Å². The number of anilines is 1. The van der Waals surface area contributed by atoms with Gasteiger partial charge in [0.15, 0.2) is 5.82 Å². The van der Waals surface area contributed by atoms with Gasteiger partial charge in [-0.2, -0.15) is 9.97 Å². The molecule has 3 fully saturated rings. The summed E-state index contributed by atoms with van der Waals surface area (Å²) in [5.41, 5.74) is 0.276. The fourth-order valence-electron chi connectivity index (χ4n) is 7.07. The Labute approximate surface area is 241 Å². The van der Waals surface area contributed by atoms with E-state index < -0.39 is 23.3 Å². The number of hydrogen-bond donors (Lipinski definition) is 2. The van der Waals surface area contributed by atoms with Crippen LogP contribution in [0.25, 0.3) is 32.9 Å². The second kappa shape index (κ2) is 10.5. The van der Waals surface area contributed by atoms with Crippen LogP contribution < -0.4 is 15.0 Å². The zero-order valence-electron chi connectivity index (χ0n) is 23.5. The van der Waals surface area contributed by atoms with Gasteiger partial charge in [0.1, 0.15) is 41.4 Å². The lowest BCUT2D eigenvalue weighted by molar-refractivity contribution is 0.107. The Balaban J connectivity index is 1.37. The fourth-order valence-corrected chi connectivity index (χ4v) is 7.07. The van der Waals surface area contributed by atoms with Crippen molar-refractivity contribution in [3.8, 4) is 23.0 Å². The highest BCUT2D eigenvalue weighted by atomic mass is 19.1. The van der Waals surface area contributed by atoms with E-state index in [1.807, 2.05) is 6.92 Å². The quantitative estimate of drug-likeness (QED) is 0.339. The molecule has 11 heteroatoms. The standard InChI is InChI=1S/C31H33F3N6O2/c1-2-21-24(33)5-4-18-12-20(41)13-22(25(18)21)27-26(34)28-23(15-36-27)29(39-10-7-35-8-11-39)38-30(37-28)42-17-31-6-3-9-40(31)16-19(32)14-31/h4-5,12-13,15,19,35,41H,2-3,6-11,14,16-17H2,1H3/t19-,31+/m1/s1. The summed E-state index contributed by atoms with van der Waals surface area (Å²) in [7, 11) is 0. The zero-order chi connectivity index (χ0) is 29.0. The maximum atomic E-state index is 16.6. The predicted molar refractivity (Wildman–Crippen MR) is 155 cm³/mol. The molecule has 0 amide bonds. The number of phenolic OH excluding ortho intramolecular Hbond substituents is 1. The Morgan fingerprint density at radius 1 is 1.14 bits per heavy atom. The molecular weight excluding hydrogens is 545 g/mol. The van der Waals surface area contributed by atoms with Gasteiger partial charge in [0.25, 0.3) is 0 Å². The lowest BCUT2D eigenvalue weighted by Gasteiger charge is -2.31. The van der Waals surface area contributed by atoms with Gasteiger partial charge in [-0.15, -0.1) is 0 Å². The monoisotopic (exact) mass is 578 g/mol. The summed E-state index contributed by atoms with van der Waals surface area (Å²) in [5.74, 6) is -0.672. The molecule has 3 aliphatic heterocycles. The van der Waals surface area contributed by atoms with E-state index in [9.17, 15) is 13.9 Å². The van der Waals surface area contributed by atoms with Crippen LogP contribution in [-0.4, -0.2) is 82.5 Å². The number of hydrogen-bond acceptors (Lipinski definition) is 8. The normalized spacial score (nSPS) is 22.8. The molecule has 0 bridgehead atoms. The number of pyridine rings is 1. The van der Waals surface area contributed by atoms with Crippen molar-refractivity contribution in [3.05, 3.63) is 47.7 Å². The largest absolute Gasteiger partial charge is 0.508 e. The van der Waals surface area contributed by atoms with Crippen LogP contribution in [0.1, 0.15) is 31.7 Å². The molecule has 2 N–H and O–H groups in total. The molecule has 0 saturated carbocycles. The number of aromatic nitrogens is 3. The van der Waals surface area contributed by atoms with Gasteiger partial charge in [0.05, 0.1) is 10.9 Å². The zero-order valence-corrected chi connectivity index (χ0v) is 23.5. The molecule has 2 aromatic carbocycles. The molecule has 8 nitrogen and oxygen atoms in total. The first kappa shape index (κ1) is 27.2. The van der Waals surface area contributed by atoms with Gasteiger partial charge in [0.2, 0.25) is 0 Å². The summed E-state index contributed by atoms with van der Waals surface area (Å²) in [6, 6.07) is 5.89. The molecule has 0 radical (unpaired) electrons. The van der Waals surface area contributed by atoms with Gasteiger partial charge in [-0.3, -0.25) is 9.88 Å².